The van der Waals surface area contributed by atoms with E-state index in [1.165, 1.54) is 5.56 Å². The molecule has 3 nitrogen and oxygen atoms in total. The molecule has 0 N–H and O–H groups in total. The number of fused-ring (bicyclic) bond motifs is 3. The number of rotatable bonds is 1. The molecule has 0 aliphatic carbocycles. The fraction of sp³-hybridized carbons (Fsp3) is 0.200. The predicted octanol–water partition coefficient (Wildman–Crippen LogP) is 4.54. The van der Waals surface area contributed by atoms with Crippen LogP contribution in [0.4, 0.5) is 4.39 Å². The number of benzene rings is 1. The molecule has 0 bridgehead atoms. The monoisotopic (exact) mass is 321 g/mol. The van der Waals surface area contributed by atoms with Crippen LogP contribution >= 0.6 is 0 Å². The zero-order valence-electron chi connectivity index (χ0n) is 14.1. The first-order valence-electron chi connectivity index (χ1n) is 7.91. The van der Waals surface area contributed by atoms with Crippen molar-refractivity contribution in [2.75, 3.05) is 0 Å². The molecule has 0 radical (unpaired) electrons. The summed E-state index contributed by atoms with van der Waals surface area (Å²) in [4.78, 5) is 3.98. The maximum Gasteiger partial charge on any atom is 0.230 e. The van der Waals surface area contributed by atoms with Crippen molar-refractivity contribution in [3.8, 4) is 11.3 Å². The van der Waals surface area contributed by atoms with Crippen LogP contribution in [0.3, 0.4) is 0 Å². The Hall–Kier alpha value is -2.75. The summed E-state index contributed by atoms with van der Waals surface area (Å²) in [6.45, 7) is 5.84. The van der Waals surface area contributed by atoms with Crippen LogP contribution < -0.4 is 4.57 Å². The molecule has 0 saturated carbocycles. The number of hydrogen-bond donors (Lipinski definition) is 0. The lowest BCUT2D eigenvalue weighted by Crippen LogP contribution is -2.30. The van der Waals surface area contributed by atoms with Gasteiger partial charge in [0.2, 0.25) is 17.4 Å². The number of pyridine rings is 2. The quantitative estimate of drug-likeness (QED) is 0.381. The molecule has 4 aromatic rings. The summed E-state index contributed by atoms with van der Waals surface area (Å²) in [6.07, 6.45) is 2.04. The first-order valence-corrected chi connectivity index (χ1v) is 7.91. The number of hydrogen-bond acceptors (Lipinski definition) is 2. The molecular formula is C20H18FN2O+. The van der Waals surface area contributed by atoms with Crippen molar-refractivity contribution in [3.63, 3.8) is 0 Å². The van der Waals surface area contributed by atoms with E-state index in [0.717, 1.165) is 33.2 Å². The van der Waals surface area contributed by atoms with Gasteiger partial charge in [0.15, 0.2) is 11.8 Å². The zero-order valence-corrected chi connectivity index (χ0v) is 14.1. The van der Waals surface area contributed by atoms with Gasteiger partial charge in [-0.1, -0.05) is 12.1 Å². The predicted molar refractivity (Wildman–Crippen MR) is 92.3 cm³/mol. The molecule has 0 aliphatic heterocycles. The topological polar surface area (TPSA) is 29.9 Å². The third-order valence-electron chi connectivity index (χ3n) is 4.53. The van der Waals surface area contributed by atoms with Crippen LogP contribution in [0, 0.1) is 26.7 Å². The minimum atomic E-state index is -0.485. The smallest absolute Gasteiger partial charge is 0.230 e. The molecule has 0 unspecified atom stereocenters. The molecule has 0 fully saturated rings. The summed E-state index contributed by atoms with van der Waals surface area (Å²) in [5, 5.41) is 1.81. The highest BCUT2D eigenvalue weighted by molar-refractivity contribution is 6.08. The van der Waals surface area contributed by atoms with Gasteiger partial charge in [-0.3, -0.25) is 0 Å². The van der Waals surface area contributed by atoms with Crippen LogP contribution in [0.5, 0.6) is 0 Å². The van der Waals surface area contributed by atoms with E-state index in [1.54, 1.807) is 13.0 Å². The standard InChI is InChI=1S/C20H18FN2O/c1-11-7-8-23(4)16(9-11)17-12(2)5-6-14-15-10-13(3)19(21)22-20(15)24-18(14)17/h5-10H,1-4H3/q+1. The van der Waals surface area contributed by atoms with Gasteiger partial charge in [0.25, 0.3) is 0 Å². The van der Waals surface area contributed by atoms with Gasteiger partial charge in [-0.25, -0.2) is 4.57 Å². The molecule has 3 heterocycles. The van der Waals surface area contributed by atoms with Crippen molar-refractivity contribution >= 4 is 22.1 Å². The Morgan fingerprint density at radius 3 is 2.58 bits per heavy atom. The number of aryl methyl sites for hydroxylation is 4. The van der Waals surface area contributed by atoms with Crippen LogP contribution in [-0.2, 0) is 7.05 Å². The molecule has 24 heavy (non-hydrogen) atoms. The summed E-state index contributed by atoms with van der Waals surface area (Å²) < 4.78 is 21.9. The Kier molecular flexibility index (Phi) is 3.17. The molecule has 0 saturated heterocycles. The molecule has 0 amide bonds. The van der Waals surface area contributed by atoms with Crippen molar-refractivity contribution in [2.45, 2.75) is 20.8 Å². The van der Waals surface area contributed by atoms with E-state index in [4.69, 9.17) is 4.42 Å². The molecule has 1 aromatic carbocycles. The molecule has 3 aromatic heterocycles. The maximum atomic E-state index is 13.8. The van der Waals surface area contributed by atoms with Gasteiger partial charge >= 0.3 is 0 Å². The van der Waals surface area contributed by atoms with Crippen LogP contribution in [-0.4, -0.2) is 4.98 Å². The highest BCUT2D eigenvalue weighted by atomic mass is 19.1. The van der Waals surface area contributed by atoms with Gasteiger partial charge in [-0.15, -0.1) is 0 Å². The Labute approximate surface area is 139 Å². The Morgan fingerprint density at radius 2 is 1.79 bits per heavy atom. The van der Waals surface area contributed by atoms with E-state index in [2.05, 4.69) is 41.6 Å². The molecule has 120 valence electrons. The third-order valence-corrected chi connectivity index (χ3v) is 4.53. The summed E-state index contributed by atoms with van der Waals surface area (Å²) in [5.74, 6) is -0.485. The van der Waals surface area contributed by atoms with Crippen molar-refractivity contribution < 1.29 is 13.4 Å². The van der Waals surface area contributed by atoms with Gasteiger partial charge in [0.05, 0.1) is 5.56 Å². The minimum absolute atomic E-state index is 0.343. The van der Waals surface area contributed by atoms with Crippen LogP contribution in [0.2, 0.25) is 0 Å². The van der Waals surface area contributed by atoms with Gasteiger partial charge in [-0.2, -0.15) is 9.37 Å². The molecule has 4 heteroatoms. The second kappa shape index (κ2) is 5.13. The Balaban J connectivity index is 2.15. The van der Waals surface area contributed by atoms with E-state index >= 15 is 0 Å². The fourth-order valence-electron chi connectivity index (χ4n) is 3.18. The van der Waals surface area contributed by atoms with Crippen LogP contribution in [0.25, 0.3) is 33.3 Å². The van der Waals surface area contributed by atoms with E-state index < -0.39 is 5.95 Å². The molecule has 0 atom stereocenters. The first-order chi connectivity index (χ1) is 11.5. The average Bonchev–Trinajstić information content (AvgIpc) is 2.88. The van der Waals surface area contributed by atoms with E-state index in [0.29, 0.717) is 11.3 Å². The van der Waals surface area contributed by atoms with Crippen molar-refractivity contribution in [1.82, 2.24) is 4.98 Å². The molecular weight excluding hydrogens is 303 g/mol. The Bertz CT molecular complexity index is 1110. The second-order valence-electron chi connectivity index (χ2n) is 6.39. The summed E-state index contributed by atoms with van der Waals surface area (Å²) >= 11 is 0. The van der Waals surface area contributed by atoms with E-state index in [1.807, 2.05) is 19.3 Å². The average molecular weight is 321 g/mol. The number of nitrogens with zero attached hydrogens (tertiary/aromatic N) is 2. The van der Waals surface area contributed by atoms with Crippen molar-refractivity contribution in [2.24, 2.45) is 7.05 Å². The lowest BCUT2D eigenvalue weighted by Gasteiger charge is -2.06. The zero-order chi connectivity index (χ0) is 17.0. The summed E-state index contributed by atoms with van der Waals surface area (Å²) in [5.41, 5.74) is 5.99. The van der Waals surface area contributed by atoms with Crippen molar-refractivity contribution in [1.29, 1.82) is 0 Å². The number of furan rings is 1. The highest BCUT2D eigenvalue weighted by Gasteiger charge is 2.21. The lowest BCUT2D eigenvalue weighted by molar-refractivity contribution is -0.660. The second-order valence-corrected chi connectivity index (χ2v) is 6.39. The minimum Gasteiger partial charge on any atom is -0.437 e. The summed E-state index contributed by atoms with van der Waals surface area (Å²) in [6, 6.07) is 10.1. The van der Waals surface area contributed by atoms with Crippen LogP contribution in [0.15, 0.2) is 40.9 Å². The molecule has 0 spiro atoms. The SMILES string of the molecule is Cc1cc[n+](C)c(-c2c(C)ccc3c2oc2nc(F)c(C)cc23)c1. The normalized spacial score (nSPS) is 11.5. The Morgan fingerprint density at radius 1 is 1.00 bits per heavy atom. The first kappa shape index (κ1) is 14.8. The largest absolute Gasteiger partial charge is 0.437 e. The third kappa shape index (κ3) is 2.10. The lowest BCUT2D eigenvalue weighted by atomic mass is 10.00. The number of aromatic nitrogens is 2. The van der Waals surface area contributed by atoms with Crippen LogP contribution in [0.1, 0.15) is 16.7 Å². The van der Waals surface area contributed by atoms with Gasteiger partial charge < -0.3 is 4.42 Å². The van der Waals surface area contributed by atoms with Gasteiger partial charge in [0.1, 0.15) is 7.05 Å². The van der Waals surface area contributed by atoms with Crippen molar-refractivity contribution in [3.05, 3.63) is 59.2 Å². The van der Waals surface area contributed by atoms with E-state index in [-0.39, 0.29) is 0 Å². The molecule has 4 rings (SSSR count). The summed E-state index contributed by atoms with van der Waals surface area (Å²) in [7, 11) is 2.01. The fourth-order valence-corrected chi connectivity index (χ4v) is 3.18. The van der Waals surface area contributed by atoms with Gasteiger partial charge in [-0.05, 0) is 38.0 Å². The molecule has 0 aliphatic rings. The number of halogens is 1. The highest BCUT2D eigenvalue weighted by Crippen LogP contribution is 2.36. The van der Waals surface area contributed by atoms with E-state index in [9.17, 15) is 4.39 Å². The maximum absolute atomic E-state index is 13.8. The van der Waals surface area contributed by atoms with Gasteiger partial charge in [0, 0.05) is 28.5 Å².